The maximum atomic E-state index is 13.8. The Morgan fingerprint density at radius 2 is 2.17 bits per heavy atom. The van der Waals surface area contributed by atoms with Crippen LogP contribution in [-0.4, -0.2) is 21.0 Å². The van der Waals surface area contributed by atoms with Crippen LogP contribution in [0.2, 0.25) is 0 Å². The highest BCUT2D eigenvalue weighted by molar-refractivity contribution is 5.94. The Morgan fingerprint density at radius 3 is 2.72 bits per heavy atom. The Labute approximate surface area is 99.8 Å². The number of nitro benzene ring substituents is 1. The fourth-order valence-corrected chi connectivity index (χ4v) is 1.64. The summed E-state index contributed by atoms with van der Waals surface area (Å²) >= 11 is 0. The van der Waals surface area contributed by atoms with Gasteiger partial charge in [-0.05, 0) is 24.6 Å². The maximum absolute atomic E-state index is 13.8. The summed E-state index contributed by atoms with van der Waals surface area (Å²) in [5.74, 6) is -2.07. The number of aromatic nitrogens is 1. The first-order valence-corrected chi connectivity index (χ1v) is 4.89. The molecule has 0 saturated carbocycles. The van der Waals surface area contributed by atoms with E-state index in [0.717, 1.165) is 12.1 Å². The molecule has 0 aliphatic carbocycles. The van der Waals surface area contributed by atoms with Gasteiger partial charge in [-0.3, -0.25) is 10.1 Å². The first-order valence-electron chi connectivity index (χ1n) is 4.89. The molecule has 1 N–H and O–H groups in total. The molecule has 0 fully saturated rings. The van der Waals surface area contributed by atoms with E-state index in [1.54, 1.807) is 0 Å². The summed E-state index contributed by atoms with van der Waals surface area (Å²) in [4.78, 5) is 24.5. The molecule has 1 aromatic carbocycles. The normalized spacial score (nSPS) is 10.6. The van der Waals surface area contributed by atoms with Gasteiger partial charge in [0.25, 0.3) is 5.69 Å². The highest BCUT2D eigenvalue weighted by Crippen LogP contribution is 2.29. The Morgan fingerprint density at radius 1 is 1.50 bits per heavy atom. The van der Waals surface area contributed by atoms with Gasteiger partial charge in [0.2, 0.25) is 0 Å². The molecular weight excluding hydrogens is 243 g/mol. The predicted octanol–water partition coefficient (Wildman–Crippen LogP) is 2.29. The predicted molar refractivity (Wildman–Crippen MR) is 60.1 cm³/mol. The van der Waals surface area contributed by atoms with Crippen molar-refractivity contribution in [1.82, 2.24) is 4.98 Å². The van der Waals surface area contributed by atoms with Crippen molar-refractivity contribution in [2.75, 3.05) is 0 Å². The van der Waals surface area contributed by atoms with Crippen LogP contribution in [0, 0.1) is 22.9 Å². The van der Waals surface area contributed by atoms with Crippen molar-refractivity contribution >= 4 is 22.6 Å². The summed E-state index contributed by atoms with van der Waals surface area (Å²) in [7, 11) is 0. The molecule has 1 heterocycles. The molecule has 0 aliphatic heterocycles. The lowest BCUT2D eigenvalue weighted by molar-refractivity contribution is -0.383. The van der Waals surface area contributed by atoms with Crippen LogP contribution in [0.1, 0.15) is 16.1 Å². The lowest BCUT2D eigenvalue weighted by Crippen LogP contribution is -2.02. The number of hydrogen-bond donors (Lipinski definition) is 1. The number of non-ortho nitro benzene ring substituents is 1. The fraction of sp³-hybridized carbons (Fsp3) is 0.0909. The number of fused-ring (bicyclic) bond motifs is 1. The maximum Gasteiger partial charge on any atom is 0.354 e. The fourth-order valence-electron chi connectivity index (χ4n) is 1.64. The second kappa shape index (κ2) is 4.02. The van der Waals surface area contributed by atoms with Crippen LogP contribution in [-0.2, 0) is 0 Å². The molecule has 0 radical (unpaired) electrons. The zero-order chi connectivity index (χ0) is 13.4. The highest BCUT2D eigenvalue weighted by Gasteiger charge is 2.19. The number of nitro groups is 1. The molecular formula is C11H7FN2O4. The van der Waals surface area contributed by atoms with Crippen LogP contribution in [0.5, 0.6) is 0 Å². The topological polar surface area (TPSA) is 93.3 Å². The van der Waals surface area contributed by atoms with Crippen molar-refractivity contribution in [2.24, 2.45) is 0 Å². The van der Waals surface area contributed by atoms with Gasteiger partial charge in [0.05, 0.1) is 10.3 Å². The van der Waals surface area contributed by atoms with Crippen molar-refractivity contribution in [3.63, 3.8) is 0 Å². The number of carboxylic acid groups (broad SMARTS) is 1. The third-order valence-electron chi connectivity index (χ3n) is 2.49. The third kappa shape index (κ3) is 1.75. The Balaban J connectivity index is 2.89. The SMILES string of the molecule is Cc1cc([N+](=O)[O-])c2ccc(C(=O)O)nc2c1F. The van der Waals surface area contributed by atoms with E-state index in [0.29, 0.717) is 0 Å². The molecule has 0 bridgehead atoms. The molecule has 0 unspecified atom stereocenters. The minimum absolute atomic E-state index is 0.0203. The van der Waals surface area contributed by atoms with Crippen molar-refractivity contribution in [2.45, 2.75) is 6.92 Å². The molecule has 0 aliphatic rings. The van der Waals surface area contributed by atoms with Crippen LogP contribution in [0.25, 0.3) is 10.9 Å². The van der Waals surface area contributed by atoms with Crippen molar-refractivity contribution < 1.29 is 19.2 Å². The number of carboxylic acids is 1. The van der Waals surface area contributed by atoms with E-state index in [9.17, 15) is 19.3 Å². The molecule has 0 spiro atoms. The van der Waals surface area contributed by atoms with E-state index < -0.39 is 16.7 Å². The molecule has 7 heteroatoms. The number of pyridine rings is 1. The largest absolute Gasteiger partial charge is 0.477 e. The average Bonchev–Trinajstić information content (AvgIpc) is 2.32. The molecule has 6 nitrogen and oxygen atoms in total. The zero-order valence-electron chi connectivity index (χ0n) is 9.18. The van der Waals surface area contributed by atoms with Gasteiger partial charge in [-0.15, -0.1) is 0 Å². The first-order chi connectivity index (χ1) is 8.41. The van der Waals surface area contributed by atoms with E-state index in [1.807, 2.05) is 0 Å². The van der Waals surface area contributed by atoms with Crippen molar-refractivity contribution in [3.8, 4) is 0 Å². The Bertz CT molecular complexity index is 684. The number of halogens is 1. The summed E-state index contributed by atoms with van der Waals surface area (Å²) in [6.45, 7) is 1.36. The van der Waals surface area contributed by atoms with E-state index in [1.165, 1.54) is 13.0 Å². The zero-order valence-corrected chi connectivity index (χ0v) is 9.18. The van der Waals surface area contributed by atoms with Gasteiger partial charge in [-0.25, -0.2) is 14.2 Å². The number of aryl methyl sites for hydroxylation is 1. The minimum Gasteiger partial charge on any atom is -0.477 e. The average molecular weight is 250 g/mol. The molecule has 2 aromatic rings. The van der Waals surface area contributed by atoms with Crippen LogP contribution < -0.4 is 0 Å². The number of carbonyl (C=O) groups is 1. The number of nitrogens with zero attached hydrogens (tertiary/aromatic N) is 2. The molecule has 2 rings (SSSR count). The summed E-state index contributed by atoms with van der Waals surface area (Å²) in [5.41, 5.74) is -0.916. The van der Waals surface area contributed by atoms with Gasteiger partial charge in [0.15, 0.2) is 5.82 Å². The van der Waals surface area contributed by atoms with Crippen LogP contribution in [0.15, 0.2) is 18.2 Å². The highest BCUT2D eigenvalue weighted by atomic mass is 19.1. The summed E-state index contributed by atoms with van der Waals surface area (Å²) in [6, 6.07) is 3.39. The monoisotopic (exact) mass is 250 g/mol. The second-order valence-electron chi connectivity index (χ2n) is 3.68. The summed E-state index contributed by atoms with van der Waals surface area (Å²) in [6.07, 6.45) is 0. The van der Waals surface area contributed by atoms with Gasteiger partial charge < -0.3 is 5.11 Å². The smallest absolute Gasteiger partial charge is 0.354 e. The van der Waals surface area contributed by atoms with Gasteiger partial charge in [-0.2, -0.15) is 0 Å². The van der Waals surface area contributed by atoms with Crippen LogP contribution >= 0.6 is 0 Å². The van der Waals surface area contributed by atoms with E-state index in [2.05, 4.69) is 4.98 Å². The number of hydrogen-bond acceptors (Lipinski definition) is 4. The lowest BCUT2D eigenvalue weighted by atomic mass is 10.1. The van der Waals surface area contributed by atoms with Gasteiger partial charge in [-0.1, -0.05) is 0 Å². The second-order valence-corrected chi connectivity index (χ2v) is 3.68. The van der Waals surface area contributed by atoms with E-state index in [-0.39, 0.29) is 27.8 Å². The van der Waals surface area contributed by atoms with Gasteiger partial charge >= 0.3 is 5.97 Å². The standard InChI is InChI=1S/C11H7FN2O4/c1-5-4-8(14(17)18)6-2-3-7(11(15)16)13-10(6)9(5)12/h2-4H,1H3,(H,15,16). The number of rotatable bonds is 2. The van der Waals surface area contributed by atoms with E-state index in [4.69, 9.17) is 5.11 Å². The van der Waals surface area contributed by atoms with Gasteiger partial charge in [0, 0.05) is 6.07 Å². The Kier molecular flexibility index (Phi) is 2.66. The Hall–Kier alpha value is -2.57. The summed E-state index contributed by atoms with van der Waals surface area (Å²) in [5, 5.41) is 19.6. The lowest BCUT2D eigenvalue weighted by Gasteiger charge is -2.04. The molecule has 92 valence electrons. The molecule has 1 aromatic heterocycles. The van der Waals surface area contributed by atoms with Crippen molar-refractivity contribution in [1.29, 1.82) is 0 Å². The van der Waals surface area contributed by atoms with Crippen molar-refractivity contribution in [3.05, 3.63) is 45.4 Å². The third-order valence-corrected chi connectivity index (χ3v) is 2.49. The van der Waals surface area contributed by atoms with Gasteiger partial charge in [0.1, 0.15) is 11.2 Å². The van der Waals surface area contributed by atoms with Crippen LogP contribution in [0.4, 0.5) is 10.1 Å². The van der Waals surface area contributed by atoms with E-state index >= 15 is 0 Å². The quantitative estimate of drug-likeness (QED) is 0.651. The molecule has 0 saturated heterocycles. The number of aromatic carboxylic acids is 1. The van der Waals surface area contributed by atoms with Crippen LogP contribution in [0.3, 0.4) is 0 Å². The molecule has 0 amide bonds. The molecule has 18 heavy (non-hydrogen) atoms. The minimum atomic E-state index is -1.32. The molecule has 0 atom stereocenters. The number of benzene rings is 1. The summed E-state index contributed by atoms with van der Waals surface area (Å²) < 4.78 is 13.8. The first kappa shape index (κ1) is 11.9.